The van der Waals surface area contributed by atoms with Crippen molar-refractivity contribution in [3.05, 3.63) is 83.9 Å². The average molecular weight is 337 g/mol. The number of nitrogens with zero attached hydrogens (tertiary/aromatic N) is 1. The number of hydrogen-bond donors (Lipinski definition) is 0. The third-order valence-electron chi connectivity index (χ3n) is 4.01. The molecule has 4 heteroatoms. The molecule has 25 heavy (non-hydrogen) atoms. The van der Waals surface area contributed by atoms with E-state index in [0.29, 0.717) is 5.56 Å². The maximum Gasteiger partial charge on any atom is 0.254 e. The zero-order valence-electron chi connectivity index (χ0n) is 14.0. The largest absolute Gasteiger partial charge is 0.345 e. The van der Waals surface area contributed by atoms with Crippen LogP contribution in [0.3, 0.4) is 0 Å². The highest BCUT2D eigenvalue weighted by molar-refractivity contribution is 6.02. The molecule has 0 radical (unpaired) electrons. The molecule has 0 aliphatic heterocycles. The Kier molecular flexibility index (Phi) is 4.61. The highest BCUT2D eigenvalue weighted by Crippen LogP contribution is 2.36. The summed E-state index contributed by atoms with van der Waals surface area (Å²) in [4.78, 5) is 13.8. The minimum absolute atomic E-state index is 0.0156. The normalized spacial score (nSPS) is 10.6. The van der Waals surface area contributed by atoms with Gasteiger partial charge in [-0.2, -0.15) is 0 Å². The van der Waals surface area contributed by atoms with E-state index in [1.165, 1.54) is 11.0 Å². The molecule has 0 fully saturated rings. The molecule has 0 N–H and O–H groups in total. The van der Waals surface area contributed by atoms with Crippen LogP contribution in [0.15, 0.2) is 66.7 Å². The van der Waals surface area contributed by atoms with Crippen LogP contribution >= 0.6 is 0 Å². The molecule has 0 heterocycles. The molecule has 0 aliphatic rings. The third kappa shape index (κ3) is 3.15. The molecule has 0 spiro atoms. The van der Waals surface area contributed by atoms with Crippen molar-refractivity contribution in [1.29, 1.82) is 0 Å². The number of halogens is 2. The fourth-order valence-electron chi connectivity index (χ4n) is 2.80. The molecule has 0 aliphatic carbocycles. The predicted molar refractivity (Wildman–Crippen MR) is 95.2 cm³/mol. The third-order valence-corrected chi connectivity index (χ3v) is 4.01. The first-order valence-corrected chi connectivity index (χ1v) is 7.85. The van der Waals surface area contributed by atoms with Crippen LogP contribution in [-0.4, -0.2) is 24.9 Å². The predicted octanol–water partition coefficient (Wildman–Crippen LogP) is 5.00. The molecule has 0 atom stereocenters. The van der Waals surface area contributed by atoms with E-state index in [1.807, 2.05) is 42.5 Å². The van der Waals surface area contributed by atoms with Crippen molar-refractivity contribution in [2.75, 3.05) is 14.1 Å². The number of benzene rings is 3. The van der Waals surface area contributed by atoms with Crippen molar-refractivity contribution in [2.24, 2.45) is 0 Å². The maximum atomic E-state index is 14.7. The highest BCUT2D eigenvalue weighted by atomic mass is 19.2. The molecule has 0 saturated carbocycles. The van der Waals surface area contributed by atoms with Crippen molar-refractivity contribution >= 4 is 5.91 Å². The summed E-state index contributed by atoms with van der Waals surface area (Å²) in [6.07, 6.45) is 0. The first-order valence-electron chi connectivity index (χ1n) is 7.85. The van der Waals surface area contributed by atoms with Gasteiger partial charge >= 0.3 is 0 Å². The minimum Gasteiger partial charge on any atom is -0.345 e. The fourth-order valence-corrected chi connectivity index (χ4v) is 2.80. The standard InChI is InChI=1S/C21H17F2NO/c1-24(2)21(25)17-12-13-18(22)20(23)19(17)16-11-7-6-10-15(16)14-8-4-3-5-9-14/h3-13H,1-2H3. The lowest BCUT2D eigenvalue weighted by molar-refractivity contribution is 0.0828. The van der Waals surface area contributed by atoms with Crippen LogP contribution in [0.1, 0.15) is 10.4 Å². The van der Waals surface area contributed by atoms with Crippen LogP contribution in [0.25, 0.3) is 22.3 Å². The molecule has 3 aromatic rings. The van der Waals surface area contributed by atoms with Crippen LogP contribution in [0.4, 0.5) is 8.78 Å². The number of carbonyl (C=O) groups is 1. The summed E-state index contributed by atoms with van der Waals surface area (Å²) in [6, 6.07) is 18.8. The zero-order chi connectivity index (χ0) is 18.0. The van der Waals surface area contributed by atoms with Gasteiger partial charge in [0, 0.05) is 19.7 Å². The number of rotatable bonds is 3. The van der Waals surface area contributed by atoms with E-state index < -0.39 is 11.6 Å². The summed E-state index contributed by atoms with van der Waals surface area (Å²) in [5.74, 6) is -2.37. The summed E-state index contributed by atoms with van der Waals surface area (Å²) in [7, 11) is 3.16. The monoisotopic (exact) mass is 337 g/mol. The Labute approximate surface area is 145 Å². The van der Waals surface area contributed by atoms with Gasteiger partial charge in [0.05, 0.1) is 5.56 Å². The van der Waals surface area contributed by atoms with Crippen molar-refractivity contribution in [1.82, 2.24) is 4.90 Å². The molecular weight excluding hydrogens is 320 g/mol. The van der Waals surface area contributed by atoms with Gasteiger partial charge in [0.1, 0.15) is 0 Å². The summed E-state index contributed by atoms with van der Waals surface area (Å²) in [5.41, 5.74) is 2.20. The second-order valence-corrected chi connectivity index (χ2v) is 5.90. The van der Waals surface area contributed by atoms with Crippen LogP contribution in [0.5, 0.6) is 0 Å². The Morgan fingerprint density at radius 2 is 1.40 bits per heavy atom. The molecule has 0 unspecified atom stereocenters. The van der Waals surface area contributed by atoms with Gasteiger partial charge in [-0.1, -0.05) is 54.6 Å². The first kappa shape index (κ1) is 16.8. The van der Waals surface area contributed by atoms with E-state index in [9.17, 15) is 13.6 Å². The molecular formula is C21H17F2NO. The minimum atomic E-state index is -1.02. The number of carbonyl (C=O) groups excluding carboxylic acids is 1. The first-order chi connectivity index (χ1) is 12.0. The van der Waals surface area contributed by atoms with Crippen molar-refractivity contribution in [2.45, 2.75) is 0 Å². The zero-order valence-corrected chi connectivity index (χ0v) is 14.0. The van der Waals surface area contributed by atoms with Crippen molar-refractivity contribution in [3.63, 3.8) is 0 Å². The lowest BCUT2D eigenvalue weighted by Gasteiger charge is -2.17. The Balaban J connectivity index is 2.31. The molecule has 0 saturated heterocycles. The Morgan fingerprint density at radius 1 is 0.800 bits per heavy atom. The number of amides is 1. The lowest BCUT2D eigenvalue weighted by atomic mass is 9.91. The molecule has 2 nitrogen and oxygen atoms in total. The van der Waals surface area contributed by atoms with E-state index in [-0.39, 0.29) is 17.0 Å². The Morgan fingerprint density at radius 3 is 2.04 bits per heavy atom. The summed E-state index contributed by atoms with van der Waals surface area (Å²) < 4.78 is 28.7. The van der Waals surface area contributed by atoms with Crippen LogP contribution < -0.4 is 0 Å². The van der Waals surface area contributed by atoms with Gasteiger partial charge in [0.2, 0.25) is 0 Å². The molecule has 0 aromatic heterocycles. The van der Waals surface area contributed by atoms with Crippen molar-refractivity contribution < 1.29 is 13.6 Å². The average Bonchev–Trinajstić information content (AvgIpc) is 2.64. The second-order valence-electron chi connectivity index (χ2n) is 5.90. The number of hydrogen-bond acceptors (Lipinski definition) is 1. The van der Waals surface area contributed by atoms with Crippen LogP contribution in [0.2, 0.25) is 0 Å². The van der Waals surface area contributed by atoms with Gasteiger partial charge in [0.25, 0.3) is 5.91 Å². The SMILES string of the molecule is CN(C)C(=O)c1ccc(F)c(F)c1-c1ccccc1-c1ccccc1. The highest BCUT2D eigenvalue weighted by Gasteiger charge is 2.23. The topological polar surface area (TPSA) is 20.3 Å². The molecule has 3 aromatic carbocycles. The Bertz CT molecular complexity index is 920. The van der Waals surface area contributed by atoms with E-state index >= 15 is 0 Å². The fraction of sp³-hybridized carbons (Fsp3) is 0.0952. The van der Waals surface area contributed by atoms with Gasteiger partial charge in [-0.3, -0.25) is 4.79 Å². The maximum absolute atomic E-state index is 14.7. The molecule has 1 amide bonds. The smallest absolute Gasteiger partial charge is 0.254 e. The van der Waals surface area contributed by atoms with E-state index in [4.69, 9.17) is 0 Å². The summed E-state index contributed by atoms with van der Waals surface area (Å²) in [6.45, 7) is 0. The van der Waals surface area contributed by atoms with E-state index in [0.717, 1.165) is 17.2 Å². The second kappa shape index (κ2) is 6.85. The molecule has 3 rings (SSSR count). The van der Waals surface area contributed by atoms with Crippen molar-refractivity contribution in [3.8, 4) is 22.3 Å². The molecule has 0 bridgehead atoms. The van der Waals surface area contributed by atoms with Gasteiger partial charge in [0.15, 0.2) is 11.6 Å². The Hall–Kier alpha value is -3.01. The lowest BCUT2D eigenvalue weighted by Crippen LogP contribution is -2.23. The van der Waals surface area contributed by atoms with E-state index in [2.05, 4.69) is 0 Å². The van der Waals surface area contributed by atoms with Gasteiger partial charge in [-0.25, -0.2) is 8.78 Å². The van der Waals surface area contributed by atoms with Crippen LogP contribution in [0, 0.1) is 11.6 Å². The molecule has 126 valence electrons. The quantitative estimate of drug-likeness (QED) is 0.658. The summed E-state index contributed by atoms with van der Waals surface area (Å²) in [5, 5.41) is 0. The van der Waals surface area contributed by atoms with Gasteiger partial charge in [-0.05, 0) is 28.8 Å². The van der Waals surface area contributed by atoms with Crippen LogP contribution in [-0.2, 0) is 0 Å². The van der Waals surface area contributed by atoms with Gasteiger partial charge < -0.3 is 4.90 Å². The van der Waals surface area contributed by atoms with E-state index in [1.54, 1.807) is 26.2 Å². The van der Waals surface area contributed by atoms with Gasteiger partial charge in [-0.15, -0.1) is 0 Å². The summed E-state index contributed by atoms with van der Waals surface area (Å²) >= 11 is 0.